The van der Waals surface area contributed by atoms with E-state index in [4.69, 9.17) is 9.47 Å². The van der Waals surface area contributed by atoms with Gasteiger partial charge in [0.05, 0.1) is 19.7 Å². The topological polar surface area (TPSA) is 71.5 Å². The lowest BCUT2D eigenvalue weighted by atomic mass is 10.2. The molecule has 5 nitrogen and oxygen atoms in total. The summed E-state index contributed by atoms with van der Waals surface area (Å²) in [5.41, 5.74) is -0.0986. The number of para-hydroxylation sites is 1. The predicted molar refractivity (Wildman–Crippen MR) is 59.3 cm³/mol. The molecule has 0 aliphatic carbocycles. The zero-order chi connectivity index (χ0) is 11.7. The van der Waals surface area contributed by atoms with E-state index in [1.54, 1.807) is 18.2 Å². The third kappa shape index (κ3) is 1.37. The summed E-state index contributed by atoms with van der Waals surface area (Å²) in [6.07, 6.45) is 0. The van der Waals surface area contributed by atoms with Gasteiger partial charge in [0.2, 0.25) is 5.75 Å². The van der Waals surface area contributed by atoms with Crippen molar-refractivity contribution in [1.82, 2.24) is 4.98 Å². The van der Waals surface area contributed by atoms with Crippen LogP contribution in [0.3, 0.4) is 0 Å². The summed E-state index contributed by atoms with van der Waals surface area (Å²) in [6.45, 7) is 0. The standard InChI is InChI=1S/C11H11NO4/c1-15-7-5-3-4-6-8(7)12-11(14)9(13)10(6)16-2/h3-5,13H,1-2H3,(H,12,14). The summed E-state index contributed by atoms with van der Waals surface area (Å²) in [5, 5.41) is 10.1. The highest BCUT2D eigenvalue weighted by atomic mass is 16.5. The monoisotopic (exact) mass is 221 g/mol. The number of aromatic amines is 1. The minimum Gasteiger partial charge on any atom is -0.500 e. The Kier molecular flexibility index (Phi) is 2.44. The number of rotatable bonds is 2. The Hall–Kier alpha value is -2.17. The summed E-state index contributed by atoms with van der Waals surface area (Å²) < 4.78 is 10.1. The Morgan fingerprint density at radius 1 is 1.25 bits per heavy atom. The summed E-state index contributed by atoms with van der Waals surface area (Å²) in [4.78, 5) is 14.0. The van der Waals surface area contributed by atoms with Crippen molar-refractivity contribution in [1.29, 1.82) is 0 Å². The molecule has 0 atom stereocenters. The molecule has 1 heterocycles. The van der Waals surface area contributed by atoms with Crippen molar-refractivity contribution in [3.63, 3.8) is 0 Å². The van der Waals surface area contributed by atoms with Crippen molar-refractivity contribution < 1.29 is 14.6 Å². The van der Waals surface area contributed by atoms with Crippen LogP contribution >= 0.6 is 0 Å². The summed E-state index contributed by atoms with van der Waals surface area (Å²) in [7, 11) is 2.90. The van der Waals surface area contributed by atoms with E-state index in [0.717, 1.165) is 0 Å². The number of aromatic hydroxyl groups is 1. The van der Waals surface area contributed by atoms with E-state index < -0.39 is 11.3 Å². The molecule has 0 radical (unpaired) electrons. The average Bonchev–Trinajstić information content (AvgIpc) is 2.30. The number of hydrogen-bond donors (Lipinski definition) is 2. The van der Waals surface area contributed by atoms with Crippen molar-refractivity contribution >= 4 is 10.9 Å². The molecule has 0 aliphatic rings. The highest BCUT2D eigenvalue weighted by molar-refractivity contribution is 5.91. The van der Waals surface area contributed by atoms with E-state index in [1.807, 2.05) is 0 Å². The van der Waals surface area contributed by atoms with Crippen molar-refractivity contribution in [2.24, 2.45) is 0 Å². The number of ether oxygens (including phenoxy) is 2. The van der Waals surface area contributed by atoms with Gasteiger partial charge in [-0.2, -0.15) is 0 Å². The predicted octanol–water partition coefficient (Wildman–Crippen LogP) is 1.25. The van der Waals surface area contributed by atoms with Gasteiger partial charge in [-0.25, -0.2) is 0 Å². The fourth-order valence-corrected chi connectivity index (χ4v) is 1.63. The lowest BCUT2D eigenvalue weighted by molar-refractivity contribution is 0.373. The minimum absolute atomic E-state index is 0.151. The molecule has 16 heavy (non-hydrogen) atoms. The average molecular weight is 221 g/mol. The Balaban J connectivity index is 2.95. The maximum atomic E-state index is 11.4. The molecule has 0 bridgehead atoms. The first-order valence-corrected chi connectivity index (χ1v) is 4.65. The zero-order valence-electron chi connectivity index (χ0n) is 8.90. The molecule has 0 amide bonds. The second-order valence-electron chi connectivity index (χ2n) is 3.22. The zero-order valence-corrected chi connectivity index (χ0v) is 8.90. The lowest BCUT2D eigenvalue weighted by Crippen LogP contribution is -2.07. The number of aromatic nitrogens is 1. The van der Waals surface area contributed by atoms with Crippen LogP contribution in [-0.2, 0) is 0 Å². The molecule has 0 fully saturated rings. The first-order chi connectivity index (χ1) is 7.69. The molecule has 1 aromatic heterocycles. The molecule has 0 aliphatic heterocycles. The van der Waals surface area contributed by atoms with Crippen LogP contribution in [0.1, 0.15) is 0 Å². The van der Waals surface area contributed by atoms with Gasteiger partial charge in [0.25, 0.3) is 5.56 Å². The summed E-state index contributed by atoms with van der Waals surface area (Å²) >= 11 is 0. The molecule has 2 rings (SSSR count). The van der Waals surface area contributed by atoms with E-state index in [0.29, 0.717) is 16.7 Å². The van der Waals surface area contributed by atoms with Gasteiger partial charge in [-0.1, -0.05) is 6.07 Å². The number of pyridine rings is 1. The molecular weight excluding hydrogens is 210 g/mol. The molecule has 2 N–H and O–H groups in total. The number of nitrogens with one attached hydrogen (secondary N) is 1. The van der Waals surface area contributed by atoms with Crippen LogP contribution in [0.4, 0.5) is 0 Å². The molecule has 2 aromatic rings. The molecule has 84 valence electrons. The smallest absolute Gasteiger partial charge is 0.294 e. The molecular formula is C11H11NO4. The number of benzene rings is 1. The van der Waals surface area contributed by atoms with Crippen LogP contribution in [0.25, 0.3) is 10.9 Å². The quantitative estimate of drug-likeness (QED) is 0.800. The van der Waals surface area contributed by atoms with Crippen LogP contribution in [0, 0.1) is 0 Å². The molecule has 0 spiro atoms. The van der Waals surface area contributed by atoms with Crippen molar-refractivity contribution in [3.8, 4) is 17.2 Å². The van der Waals surface area contributed by atoms with E-state index in [1.165, 1.54) is 14.2 Å². The summed E-state index contributed by atoms with van der Waals surface area (Å²) in [6, 6.07) is 5.20. The van der Waals surface area contributed by atoms with Crippen molar-refractivity contribution in [3.05, 3.63) is 28.6 Å². The fraction of sp³-hybridized carbons (Fsp3) is 0.182. The first kappa shape index (κ1) is 10.4. The number of hydrogen-bond acceptors (Lipinski definition) is 4. The summed E-state index contributed by atoms with van der Waals surface area (Å²) in [5.74, 6) is 0.244. The second-order valence-corrected chi connectivity index (χ2v) is 3.22. The van der Waals surface area contributed by atoms with Crippen molar-refractivity contribution in [2.45, 2.75) is 0 Å². The van der Waals surface area contributed by atoms with Gasteiger partial charge in [0, 0.05) is 5.39 Å². The number of H-pyrrole nitrogens is 1. The molecule has 5 heteroatoms. The lowest BCUT2D eigenvalue weighted by Gasteiger charge is -2.09. The molecule has 0 saturated heterocycles. The van der Waals surface area contributed by atoms with Crippen LogP contribution in [0.5, 0.6) is 17.2 Å². The molecule has 1 aromatic carbocycles. The highest BCUT2D eigenvalue weighted by Crippen LogP contribution is 2.33. The Morgan fingerprint density at radius 3 is 2.62 bits per heavy atom. The van der Waals surface area contributed by atoms with Gasteiger partial charge < -0.3 is 19.6 Å². The van der Waals surface area contributed by atoms with Crippen LogP contribution < -0.4 is 15.0 Å². The first-order valence-electron chi connectivity index (χ1n) is 4.65. The van der Waals surface area contributed by atoms with Gasteiger partial charge >= 0.3 is 0 Å². The molecule has 0 saturated carbocycles. The van der Waals surface area contributed by atoms with Crippen molar-refractivity contribution in [2.75, 3.05) is 14.2 Å². The maximum Gasteiger partial charge on any atom is 0.294 e. The fourth-order valence-electron chi connectivity index (χ4n) is 1.63. The van der Waals surface area contributed by atoms with E-state index in [2.05, 4.69) is 4.98 Å². The molecule has 0 unspecified atom stereocenters. The highest BCUT2D eigenvalue weighted by Gasteiger charge is 2.14. The van der Waals surface area contributed by atoms with Gasteiger partial charge in [0.15, 0.2) is 5.75 Å². The third-order valence-corrected chi connectivity index (χ3v) is 2.36. The van der Waals surface area contributed by atoms with Gasteiger partial charge in [-0.05, 0) is 12.1 Å². The van der Waals surface area contributed by atoms with E-state index in [-0.39, 0.29) is 5.75 Å². The van der Waals surface area contributed by atoms with Crippen LogP contribution in [0.15, 0.2) is 23.0 Å². The van der Waals surface area contributed by atoms with Gasteiger partial charge in [-0.15, -0.1) is 0 Å². The SMILES string of the molecule is COc1c(O)c(=O)[nH]c2c(OC)cccc12. The Bertz CT molecular complexity index is 588. The number of methoxy groups -OCH3 is 2. The third-order valence-electron chi connectivity index (χ3n) is 2.36. The van der Waals surface area contributed by atoms with Crippen LogP contribution in [0.2, 0.25) is 0 Å². The number of fused-ring (bicyclic) bond motifs is 1. The van der Waals surface area contributed by atoms with Gasteiger partial charge in [-0.3, -0.25) is 4.79 Å². The largest absolute Gasteiger partial charge is 0.500 e. The maximum absolute atomic E-state index is 11.4. The van der Waals surface area contributed by atoms with Crippen LogP contribution in [-0.4, -0.2) is 24.3 Å². The Labute approximate surface area is 91.2 Å². The Morgan fingerprint density at radius 2 is 2.00 bits per heavy atom. The minimum atomic E-state index is -0.603. The van der Waals surface area contributed by atoms with E-state index in [9.17, 15) is 9.90 Å². The second kappa shape index (κ2) is 3.77. The van der Waals surface area contributed by atoms with Gasteiger partial charge in [0.1, 0.15) is 5.75 Å². The normalized spacial score (nSPS) is 10.4. The van der Waals surface area contributed by atoms with E-state index >= 15 is 0 Å².